The molecule has 4 nitrogen and oxygen atoms in total. The molecule has 0 atom stereocenters. The quantitative estimate of drug-likeness (QED) is 0.658. The van der Waals surface area contributed by atoms with Gasteiger partial charge in [0, 0.05) is 14.2 Å². The largest absolute Gasteiger partial charge is 0.399 e. The first-order valence-corrected chi connectivity index (χ1v) is 5.73. The highest BCUT2D eigenvalue weighted by atomic mass is 127. The molecule has 0 aliphatic carbocycles. The molecule has 0 fully saturated rings. The van der Waals surface area contributed by atoms with E-state index in [0.29, 0.717) is 0 Å². The summed E-state index contributed by atoms with van der Waals surface area (Å²) in [5, 5.41) is 7.36. The molecule has 0 spiro atoms. The molecule has 0 saturated carbocycles. The number of aromatic nitrogens is 3. The van der Waals surface area contributed by atoms with Gasteiger partial charge in [-0.05, 0) is 52.6 Å². The third kappa shape index (κ3) is 2.18. The molecule has 2 aromatic rings. The lowest BCUT2D eigenvalue weighted by atomic mass is 10.3. The van der Waals surface area contributed by atoms with Gasteiger partial charge in [-0.15, -0.1) is 0 Å². The molecule has 72 valence electrons. The van der Waals surface area contributed by atoms with Crippen LogP contribution in [0.2, 0.25) is 0 Å². The zero-order valence-corrected chi connectivity index (χ0v) is 10.0. The number of hydrogen-bond acceptors (Lipinski definition) is 4. The number of rotatable bonds is 2. The third-order valence-electron chi connectivity index (χ3n) is 1.56. The summed E-state index contributed by atoms with van der Waals surface area (Å²) >= 11 is 3.79. The van der Waals surface area contributed by atoms with Gasteiger partial charge in [-0.2, -0.15) is 5.10 Å². The maximum atomic E-state index is 5.65. The second-order valence-electron chi connectivity index (χ2n) is 2.58. The zero-order chi connectivity index (χ0) is 9.97. The number of hydrogen-bond donors (Lipinski definition) is 2. The van der Waals surface area contributed by atoms with Gasteiger partial charge >= 0.3 is 0 Å². The predicted octanol–water partition coefficient (Wildman–Crippen LogP) is 2.14. The molecular weight excluding hydrogens is 311 g/mol. The Balaban J connectivity index is 2.25. The van der Waals surface area contributed by atoms with Gasteiger partial charge in [-0.3, -0.25) is 5.10 Å². The van der Waals surface area contributed by atoms with Crippen molar-refractivity contribution in [3.05, 3.63) is 28.1 Å². The van der Waals surface area contributed by atoms with Gasteiger partial charge in [-0.25, -0.2) is 4.98 Å². The highest BCUT2D eigenvalue weighted by molar-refractivity contribution is 14.1. The monoisotopic (exact) mass is 318 g/mol. The van der Waals surface area contributed by atoms with Crippen molar-refractivity contribution in [1.29, 1.82) is 0 Å². The van der Waals surface area contributed by atoms with Crippen LogP contribution in [0.25, 0.3) is 0 Å². The lowest BCUT2D eigenvalue weighted by Crippen LogP contribution is -1.87. The molecule has 0 unspecified atom stereocenters. The van der Waals surface area contributed by atoms with Gasteiger partial charge in [0.25, 0.3) is 0 Å². The smallest absolute Gasteiger partial charge is 0.188 e. The Kier molecular flexibility index (Phi) is 2.92. The van der Waals surface area contributed by atoms with Crippen molar-refractivity contribution in [2.24, 2.45) is 0 Å². The molecule has 2 rings (SSSR count). The van der Waals surface area contributed by atoms with E-state index in [2.05, 4.69) is 37.8 Å². The summed E-state index contributed by atoms with van der Waals surface area (Å²) in [6.07, 6.45) is 1.49. The molecule has 0 amide bonds. The molecule has 0 radical (unpaired) electrons. The van der Waals surface area contributed by atoms with Crippen LogP contribution in [0.3, 0.4) is 0 Å². The van der Waals surface area contributed by atoms with E-state index in [0.717, 1.165) is 19.3 Å². The lowest BCUT2D eigenvalue weighted by Gasteiger charge is -2.01. The zero-order valence-electron chi connectivity index (χ0n) is 7.07. The van der Waals surface area contributed by atoms with E-state index >= 15 is 0 Å². The number of nitrogens with zero attached hydrogens (tertiary/aromatic N) is 2. The maximum absolute atomic E-state index is 5.65. The highest BCUT2D eigenvalue weighted by Crippen LogP contribution is 2.29. The maximum Gasteiger partial charge on any atom is 0.188 e. The van der Waals surface area contributed by atoms with Crippen LogP contribution in [-0.2, 0) is 0 Å². The normalized spacial score (nSPS) is 10.4. The summed E-state index contributed by atoms with van der Waals surface area (Å²) in [6, 6.07) is 5.78. The molecule has 0 aliphatic rings. The van der Waals surface area contributed by atoms with Crippen molar-refractivity contribution in [1.82, 2.24) is 15.2 Å². The number of aromatic amines is 1. The van der Waals surface area contributed by atoms with Crippen molar-refractivity contribution in [3.8, 4) is 0 Å². The molecule has 1 aromatic heterocycles. The Morgan fingerprint density at radius 2 is 2.29 bits per heavy atom. The summed E-state index contributed by atoms with van der Waals surface area (Å²) in [7, 11) is 0. The van der Waals surface area contributed by atoms with Crippen LogP contribution in [0, 0.1) is 3.57 Å². The van der Waals surface area contributed by atoms with Crippen LogP contribution in [-0.4, -0.2) is 15.2 Å². The molecule has 0 bridgehead atoms. The van der Waals surface area contributed by atoms with Crippen LogP contribution < -0.4 is 5.73 Å². The molecule has 14 heavy (non-hydrogen) atoms. The standard InChI is InChI=1S/C8H7IN4S/c9-6-3-5(10)1-2-7(6)14-8-11-4-12-13-8/h1-4H,10H2,(H,11,12,13). The first-order valence-electron chi connectivity index (χ1n) is 3.84. The minimum absolute atomic E-state index is 0.774. The average molecular weight is 318 g/mol. The van der Waals surface area contributed by atoms with Crippen LogP contribution in [0.5, 0.6) is 0 Å². The molecular formula is C8H7IN4S. The van der Waals surface area contributed by atoms with Crippen molar-refractivity contribution < 1.29 is 0 Å². The van der Waals surface area contributed by atoms with Gasteiger partial charge in [-0.1, -0.05) is 0 Å². The van der Waals surface area contributed by atoms with Gasteiger partial charge < -0.3 is 5.73 Å². The summed E-state index contributed by atoms with van der Waals surface area (Å²) in [5.41, 5.74) is 6.43. The molecule has 0 saturated heterocycles. The lowest BCUT2D eigenvalue weighted by molar-refractivity contribution is 0.973. The fourth-order valence-corrected chi connectivity index (χ4v) is 2.52. The Hall–Kier alpha value is -0.760. The summed E-state index contributed by atoms with van der Waals surface area (Å²) in [5.74, 6) is 0. The first-order chi connectivity index (χ1) is 6.75. The number of H-pyrrole nitrogens is 1. The SMILES string of the molecule is Nc1ccc(Sc2ncn[nH]2)c(I)c1. The second kappa shape index (κ2) is 4.18. The van der Waals surface area contributed by atoms with Gasteiger partial charge in [0.05, 0.1) is 0 Å². The van der Waals surface area contributed by atoms with Crippen LogP contribution in [0.15, 0.2) is 34.6 Å². The average Bonchev–Trinajstić information content (AvgIpc) is 2.62. The van der Waals surface area contributed by atoms with E-state index in [1.54, 1.807) is 0 Å². The summed E-state index contributed by atoms with van der Waals surface area (Å²) < 4.78 is 1.11. The van der Waals surface area contributed by atoms with E-state index in [9.17, 15) is 0 Å². The second-order valence-corrected chi connectivity index (χ2v) is 4.78. The van der Waals surface area contributed by atoms with E-state index < -0.39 is 0 Å². The van der Waals surface area contributed by atoms with Crippen molar-refractivity contribution in [2.75, 3.05) is 5.73 Å². The third-order valence-corrected chi connectivity index (χ3v) is 3.78. The number of halogens is 1. The fraction of sp³-hybridized carbons (Fsp3) is 0. The van der Waals surface area contributed by atoms with Crippen LogP contribution in [0.1, 0.15) is 0 Å². The number of nitrogens with two attached hydrogens (primary N) is 1. The van der Waals surface area contributed by atoms with E-state index in [4.69, 9.17) is 5.73 Å². The number of anilines is 1. The number of benzene rings is 1. The van der Waals surface area contributed by atoms with Gasteiger partial charge in [0.2, 0.25) is 0 Å². The van der Waals surface area contributed by atoms with Gasteiger partial charge in [0.15, 0.2) is 5.16 Å². The molecule has 6 heteroatoms. The van der Waals surface area contributed by atoms with Gasteiger partial charge in [0.1, 0.15) is 6.33 Å². The molecule has 0 aliphatic heterocycles. The molecule has 1 heterocycles. The summed E-state index contributed by atoms with van der Waals surface area (Å²) in [4.78, 5) is 5.16. The van der Waals surface area contributed by atoms with Crippen LogP contribution >= 0.6 is 34.4 Å². The minimum Gasteiger partial charge on any atom is -0.399 e. The van der Waals surface area contributed by atoms with E-state index in [-0.39, 0.29) is 0 Å². The van der Waals surface area contributed by atoms with E-state index in [1.165, 1.54) is 18.1 Å². The molecule has 1 aromatic carbocycles. The number of nitrogen functional groups attached to an aromatic ring is 1. The minimum atomic E-state index is 0.774. The number of nitrogens with one attached hydrogen (secondary N) is 1. The van der Waals surface area contributed by atoms with Crippen molar-refractivity contribution >= 4 is 40.0 Å². The molecule has 3 N–H and O–H groups in total. The van der Waals surface area contributed by atoms with E-state index in [1.807, 2.05) is 18.2 Å². The Labute approximate surface area is 98.8 Å². The Bertz CT molecular complexity index is 429. The van der Waals surface area contributed by atoms with Crippen molar-refractivity contribution in [3.63, 3.8) is 0 Å². The van der Waals surface area contributed by atoms with Crippen molar-refractivity contribution in [2.45, 2.75) is 10.1 Å². The Morgan fingerprint density at radius 1 is 1.43 bits per heavy atom. The Morgan fingerprint density at radius 3 is 2.93 bits per heavy atom. The topological polar surface area (TPSA) is 67.6 Å². The first kappa shape index (κ1) is 9.78. The highest BCUT2D eigenvalue weighted by Gasteiger charge is 2.04. The fourth-order valence-electron chi connectivity index (χ4n) is 0.947. The summed E-state index contributed by atoms with van der Waals surface area (Å²) in [6.45, 7) is 0. The van der Waals surface area contributed by atoms with Crippen LogP contribution in [0.4, 0.5) is 5.69 Å². The predicted molar refractivity (Wildman–Crippen MR) is 64.1 cm³/mol.